The summed E-state index contributed by atoms with van der Waals surface area (Å²) in [6, 6.07) is 1.49. The smallest absolute Gasteiger partial charge is 0.268 e. The van der Waals surface area contributed by atoms with Crippen molar-refractivity contribution in [2.75, 3.05) is 11.5 Å². The van der Waals surface area contributed by atoms with Crippen LogP contribution in [0.25, 0.3) is 0 Å². The number of halogens is 1. The molecule has 0 aliphatic carbocycles. The van der Waals surface area contributed by atoms with Crippen molar-refractivity contribution < 1.29 is 13.2 Å². The van der Waals surface area contributed by atoms with Crippen molar-refractivity contribution >= 4 is 31.7 Å². The standard InChI is InChI=1S/C13H19BrN2O3S/c1-2-5-16-8-10(14)7-12(16)13(17)15-11-4-3-6-20(18,19)9-11/h7-8,11H,2-6,9H2,1H3,(H,15,17). The number of rotatable bonds is 4. The molecular weight excluding hydrogens is 344 g/mol. The van der Waals surface area contributed by atoms with Crippen LogP contribution < -0.4 is 5.32 Å². The van der Waals surface area contributed by atoms with Crippen LogP contribution in [-0.2, 0) is 16.4 Å². The van der Waals surface area contributed by atoms with E-state index < -0.39 is 9.84 Å². The summed E-state index contributed by atoms with van der Waals surface area (Å²) >= 11 is 3.37. The van der Waals surface area contributed by atoms with Crippen LogP contribution in [0.1, 0.15) is 36.7 Å². The number of hydrogen-bond acceptors (Lipinski definition) is 3. The number of aromatic nitrogens is 1. The van der Waals surface area contributed by atoms with Gasteiger partial charge in [-0.1, -0.05) is 6.92 Å². The van der Waals surface area contributed by atoms with E-state index in [-0.39, 0.29) is 23.5 Å². The summed E-state index contributed by atoms with van der Waals surface area (Å²) in [6.45, 7) is 2.81. The topological polar surface area (TPSA) is 68.2 Å². The first-order valence-electron chi connectivity index (χ1n) is 6.78. The van der Waals surface area contributed by atoms with Crippen molar-refractivity contribution in [1.29, 1.82) is 0 Å². The van der Waals surface area contributed by atoms with Crippen molar-refractivity contribution in [2.45, 2.75) is 38.8 Å². The molecule has 1 aliphatic rings. The molecular formula is C13H19BrN2O3S. The highest BCUT2D eigenvalue weighted by molar-refractivity contribution is 9.10. The van der Waals surface area contributed by atoms with Gasteiger partial charge in [-0.25, -0.2) is 8.42 Å². The molecule has 1 aromatic rings. The molecule has 0 aromatic carbocycles. The van der Waals surface area contributed by atoms with Gasteiger partial charge in [-0.15, -0.1) is 0 Å². The average molecular weight is 363 g/mol. The van der Waals surface area contributed by atoms with Gasteiger partial charge in [-0.05, 0) is 41.3 Å². The lowest BCUT2D eigenvalue weighted by atomic mass is 10.2. The molecule has 2 rings (SSSR count). The van der Waals surface area contributed by atoms with Gasteiger partial charge in [-0.2, -0.15) is 0 Å². The monoisotopic (exact) mass is 362 g/mol. The number of nitrogens with zero attached hydrogens (tertiary/aromatic N) is 1. The Morgan fingerprint density at radius 1 is 1.55 bits per heavy atom. The molecule has 1 fully saturated rings. The number of carbonyl (C=O) groups is 1. The Bertz CT molecular complexity index is 595. The fraction of sp³-hybridized carbons (Fsp3) is 0.615. The molecule has 1 saturated heterocycles. The van der Waals surface area contributed by atoms with Gasteiger partial charge in [0.05, 0.1) is 11.5 Å². The Morgan fingerprint density at radius 2 is 2.30 bits per heavy atom. The molecule has 7 heteroatoms. The summed E-state index contributed by atoms with van der Waals surface area (Å²) in [6.07, 6.45) is 4.14. The summed E-state index contributed by atoms with van der Waals surface area (Å²) in [4.78, 5) is 12.3. The molecule has 0 spiro atoms. The van der Waals surface area contributed by atoms with Crippen molar-refractivity contribution in [2.24, 2.45) is 0 Å². The van der Waals surface area contributed by atoms with Gasteiger partial charge in [0, 0.05) is 23.3 Å². The molecule has 0 radical (unpaired) electrons. The third kappa shape index (κ3) is 3.85. The van der Waals surface area contributed by atoms with Gasteiger partial charge in [0.1, 0.15) is 5.69 Å². The minimum absolute atomic E-state index is 0.0500. The Kier molecular flexibility index (Phi) is 4.90. The van der Waals surface area contributed by atoms with E-state index in [1.807, 2.05) is 17.7 Å². The first-order chi connectivity index (χ1) is 9.41. The maximum absolute atomic E-state index is 12.3. The molecule has 1 N–H and O–H groups in total. The van der Waals surface area contributed by atoms with E-state index in [9.17, 15) is 13.2 Å². The van der Waals surface area contributed by atoms with Crippen LogP contribution in [-0.4, -0.2) is 36.4 Å². The van der Waals surface area contributed by atoms with Crippen LogP contribution in [0.3, 0.4) is 0 Å². The lowest BCUT2D eigenvalue weighted by Gasteiger charge is -2.23. The molecule has 1 aliphatic heterocycles. The minimum Gasteiger partial charge on any atom is -0.347 e. The molecule has 0 saturated carbocycles. The lowest BCUT2D eigenvalue weighted by Crippen LogP contribution is -2.43. The maximum atomic E-state index is 12.3. The normalized spacial score (nSPS) is 21.6. The number of aryl methyl sites for hydroxylation is 1. The first-order valence-corrected chi connectivity index (χ1v) is 9.39. The van der Waals surface area contributed by atoms with Crippen LogP contribution in [0, 0.1) is 0 Å². The molecule has 1 amide bonds. The van der Waals surface area contributed by atoms with Gasteiger partial charge in [0.25, 0.3) is 5.91 Å². The SMILES string of the molecule is CCCn1cc(Br)cc1C(=O)NC1CCCS(=O)(=O)C1. The first kappa shape index (κ1) is 15.6. The van der Waals surface area contributed by atoms with Gasteiger partial charge in [0.2, 0.25) is 0 Å². The summed E-state index contributed by atoms with van der Waals surface area (Å²) in [5.41, 5.74) is 0.571. The quantitative estimate of drug-likeness (QED) is 0.889. The van der Waals surface area contributed by atoms with E-state index >= 15 is 0 Å². The molecule has 1 unspecified atom stereocenters. The fourth-order valence-corrected chi connectivity index (χ4v) is 4.59. The van der Waals surface area contributed by atoms with Crippen molar-refractivity contribution in [3.63, 3.8) is 0 Å². The van der Waals surface area contributed by atoms with E-state index in [0.29, 0.717) is 12.1 Å². The van der Waals surface area contributed by atoms with E-state index in [0.717, 1.165) is 23.9 Å². The van der Waals surface area contributed by atoms with E-state index in [4.69, 9.17) is 0 Å². The van der Waals surface area contributed by atoms with Gasteiger partial charge < -0.3 is 9.88 Å². The van der Waals surface area contributed by atoms with Crippen LogP contribution in [0.2, 0.25) is 0 Å². The summed E-state index contributed by atoms with van der Waals surface area (Å²) in [5.74, 6) is 0.0807. The Morgan fingerprint density at radius 3 is 2.95 bits per heavy atom. The zero-order valence-electron chi connectivity index (χ0n) is 11.4. The fourth-order valence-electron chi connectivity index (χ4n) is 2.49. The summed E-state index contributed by atoms with van der Waals surface area (Å²) in [5, 5.41) is 2.84. The van der Waals surface area contributed by atoms with Gasteiger partial charge >= 0.3 is 0 Å². The number of amides is 1. The molecule has 0 bridgehead atoms. The summed E-state index contributed by atoms with van der Waals surface area (Å²) < 4.78 is 25.9. The number of hydrogen-bond donors (Lipinski definition) is 1. The van der Waals surface area contributed by atoms with Crippen LogP contribution in [0.5, 0.6) is 0 Å². The van der Waals surface area contributed by atoms with Crippen LogP contribution >= 0.6 is 15.9 Å². The summed E-state index contributed by atoms with van der Waals surface area (Å²) in [7, 11) is -3.01. The molecule has 5 nitrogen and oxygen atoms in total. The highest BCUT2D eigenvalue weighted by Gasteiger charge is 2.26. The Balaban J connectivity index is 2.08. The third-order valence-electron chi connectivity index (χ3n) is 3.36. The molecule has 112 valence electrons. The minimum atomic E-state index is -3.01. The van der Waals surface area contributed by atoms with Crippen molar-refractivity contribution in [1.82, 2.24) is 9.88 Å². The molecule has 1 aromatic heterocycles. The molecule has 20 heavy (non-hydrogen) atoms. The highest BCUT2D eigenvalue weighted by Crippen LogP contribution is 2.17. The largest absolute Gasteiger partial charge is 0.347 e. The zero-order valence-corrected chi connectivity index (χ0v) is 13.8. The number of sulfone groups is 1. The molecule has 2 heterocycles. The third-order valence-corrected chi connectivity index (χ3v) is 5.61. The van der Waals surface area contributed by atoms with Crippen LogP contribution in [0.15, 0.2) is 16.7 Å². The molecule has 1 atom stereocenters. The number of carbonyl (C=O) groups excluding carboxylic acids is 1. The Labute approximate surface area is 127 Å². The number of nitrogens with one attached hydrogen (secondary N) is 1. The van der Waals surface area contributed by atoms with Gasteiger partial charge in [-0.3, -0.25) is 4.79 Å². The zero-order chi connectivity index (χ0) is 14.8. The second-order valence-electron chi connectivity index (χ2n) is 5.16. The van der Waals surface area contributed by atoms with E-state index in [1.165, 1.54) is 0 Å². The van der Waals surface area contributed by atoms with Crippen LogP contribution in [0.4, 0.5) is 0 Å². The average Bonchev–Trinajstić information content (AvgIpc) is 2.69. The highest BCUT2D eigenvalue weighted by atomic mass is 79.9. The van der Waals surface area contributed by atoms with Gasteiger partial charge in [0.15, 0.2) is 9.84 Å². The Hall–Kier alpha value is -0.820. The maximum Gasteiger partial charge on any atom is 0.268 e. The van der Waals surface area contributed by atoms with Crippen molar-refractivity contribution in [3.05, 3.63) is 22.4 Å². The van der Waals surface area contributed by atoms with E-state index in [1.54, 1.807) is 6.07 Å². The predicted octanol–water partition coefficient (Wildman–Crippen LogP) is 1.97. The second kappa shape index (κ2) is 6.30. The second-order valence-corrected chi connectivity index (χ2v) is 8.31. The predicted molar refractivity (Wildman–Crippen MR) is 81.6 cm³/mol. The van der Waals surface area contributed by atoms with Crippen molar-refractivity contribution in [3.8, 4) is 0 Å². The van der Waals surface area contributed by atoms with E-state index in [2.05, 4.69) is 21.2 Å². The lowest BCUT2D eigenvalue weighted by molar-refractivity contribution is 0.0929.